The fourth-order valence-corrected chi connectivity index (χ4v) is 6.57. The second kappa shape index (κ2) is 23.8. The second-order valence-electron chi connectivity index (χ2n) is 13.3. The van der Waals surface area contributed by atoms with Gasteiger partial charge in [0.15, 0.2) is 0 Å². The van der Waals surface area contributed by atoms with E-state index in [-0.39, 0.29) is 0 Å². The quantitative estimate of drug-likeness (QED) is 0.0982. The summed E-state index contributed by atoms with van der Waals surface area (Å²) in [4.78, 5) is 0. The normalized spacial score (nSPS) is 12.2. The van der Waals surface area contributed by atoms with Gasteiger partial charge in [-0.2, -0.15) is 0 Å². The van der Waals surface area contributed by atoms with Crippen LogP contribution in [-0.4, -0.2) is 0 Å². The van der Waals surface area contributed by atoms with E-state index in [1.54, 1.807) is 27.8 Å². The largest absolute Gasteiger partial charge is 0.0654 e. The van der Waals surface area contributed by atoms with Crippen LogP contribution in [-0.2, 0) is 38.5 Å². The number of hydrogen-bond donors (Lipinski definition) is 0. The zero-order valence-electron chi connectivity index (χ0n) is 28.9. The van der Waals surface area contributed by atoms with Crippen LogP contribution in [0, 0.1) is 12.3 Å². The van der Waals surface area contributed by atoms with Crippen molar-refractivity contribution in [3.8, 4) is 0 Å². The molecule has 0 saturated heterocycles. The molecule has 0 bridgehead atoms. The highest BCUT2D eigenvalue weighted by Crippen LogP contribution is 2.26. The Morgan fingerprint density at radius 3 is 1.38 bits per heavy atom. The lowest BCUT2D eigenvalue weighted by Gasteiger charge is -2.19. The lowest BCUT2D eigenvalue weighted by Crippen LogP contribution is -2.09. The molecular formula is C42H69. The van der Waals surface area contributed by atoms with Crippen LogP contribution in [0.15, 0.2) is 36.4 Å². The molecule has 0 heteroatoms. The third-order valence-electron chi connectivity index (χ3n) is 9.35. The van der Waals surface area contributed by atoms with Gasteiger partial charge in [-0.1, -0.05) is 148 Å². The van der Waals surface area contributed by atoms with Crippen LogP contribution in [0.2, 0.25) is 0 Å². The first-order chi connectivity index (χ1) is 20.6. The van der Waals surface area contributed by atoms with Gasteiger partial charge in [0, 0.05) is 0 Å². The number of hydrogen-bond acceptors (Lipinski definition) is 0. The first kappa shape index (κ1) is 36.6. The molecule has 0 aliphatic carbocycles. The van der Waals surface area contributed by atoms with Gasteiger partial charge >= 0.3 is 0 Å². The van der Waals surface area contributed by atoms with Crippen molar-refractivity contribution in [2.45, 2.75) is 182 Å². The molecule has 0 aromatic heterocycles. The smallest absolute Gasteiger partial charge is 0.0245 e. The van der Waals surface area contributed by atoms with Gasteiger partial charge in [0.2, 0.25) is 0 Å². The maximum absolute atomic E-state index is 2.69. The summed E-state index contributed by atoms with van der Waals surface area (Å²) in [6.45, 7) is 11.6. The molecule has 42 heavy (non-hydrogen) atoms. The standard InChI is InChI=1S/C42H69/c1-6-11-16-21-22-36(33-38-30-32-40(24-18-13-8-3)42(35-38)26-20-15-10-5)27-28-37-29-31-39(23-17-12-7-2)41(34-37)25-19-14-9-4/h27,29-32,34-36H,6-26,28,33H2,1-5H3. The summed E-state index contributed by atoms with van der Waals surface area (Å²) < 4.78 is 0. The van der Waals surface area contributed by atoms with Crippen LogP contribution in [0.3, 0.4) is 0 Å². The highest BCUT2D eigenvalue weighted by Gasteiger charge is 2.14. The van der Waals surface area contributed by atoms with Crippen molar-refractivity contribution < 1.29 is 0 Å². The molecule has 1 unspecified atom stereocenters. The first-order valence-corrected chi connectivity index (χ1v) is 18.7. The molecule has 237 valence electrons. The summed E-state index contributed by atoms with van der Waals surface area (Å²) in [6, 6.07) is 15.1. The zero-order chi connectivity index (χ0) is 30.3. The van der Waals surface area contributed by atoms with Gasteiger partial charge in [-0.05, 0) is 116 Å². The highest BCUT2D eigenvalue weighted by atomic mass is 14.2. The first-order valence-electron chi connectivity index (χ1n) is 18.7. The molecule has 0 N–H and O–H groups in total. The number of unbranched alkanes of at least 4 members (excludes halogenated alkanes) is 11. The summed E-state index contributed by atoms with van der Waals surface area (Å²) in [5, 5.41) is 0. The molecule has 1 radical (unpaired) electrons. The lowest BCUT2D eigenvalue weighted by molar-refractivity contribution is 0.494. The van der Waals surface area contributed by atoms with E-state index in [1.807, 2.05) is 0 Å². The molecule has 0 heterocycles. The predicted molar refractivity (Wildman–Crippen MR) is 190 cm³/mol. The van der Waals surface area contributed by atoms with E-state index in [2.05, 4.69) is 77.4 Å². The number of aryl methyl sites for hydroxylation is 4. The second-order valence-corrected chi connectivity index (χ2v) is 13.3. The van der Waals surface area contributed by atoms with E-state index in [0.29, 0.717) is 5.92 Å². The molecule has 0 amide bonds. The molecule has 2 aromatic rings. The van der Waals surface area contributed by atoms with E-state index in [9.17, 15) is 0 Å². The van der Waals surface area contributed by atoms with Gasteiger partial charge in [0.25, 0.3) is 0 Å². The van der Waals surface area contributed by atoms with Gasteiger partial charge in [-0.3, -0.25) is 0 Å². The predicted octanol–water partition coefficient (Wildman–Crippen LogP) is 13.2. The summed E-state index contributed by atoms with van der Waals surface area (Å²) >= 11 is 0. The molecule has 2 aromatic carbocycles. The molecule has 0 aliphatic rings. The van der Waals surface area contributed by atoms with Crippen LogP contribution >= 0.6 is 0 Å². The van der Waals surface area contributed by atoms with Crippen molar-refractivity contribution in [1.82, 2.24) is 0 Å². The molecular weight excluding hydrogens is 504 g/mol. The Balaban J connectivity index is 2.15. The Hall–Kier alpha value is -1.56. The van der Waals surface area contributed by atoms with Gasteiger partial charge in [-0.15, -0.1) is 0 Å². The van der Waals surface area contributed by atoms with Gasteiger partial charge in [0.1, 0.15) is 0 Å². The van der Waals surface area contributed by atoms with E-state index in [0.717, 1.165) is 6.42 Å². The average molecular weight is 574 g/mol. The minimum absolute atomic E-state index is 0.670. The Labute approximate surface area is 263 Å². The lowest BCUT2D eigenvalue weighted by atomic mass is 9.86. The van der Waals surface area contributed by atoms with Crippen LogP contribution in [0.4, 0.5) is 0 Å². The van der Waals surface area contributed by atoms with Crippen LogP contribution in [0.25, 0.3) is 0 Å². The fourth-order valence-electron chi connectivity index (χ4n) is 6.57. The van der Waals surface area contributed by atoms with Crippen molar-refractivity contribution in [3.63, 3.8) is 0 Å². The van der Waals surface area contributed by atoms with Crippen molar-refractivity contribution in [2.75, 3.05) is 0 Å². The van der Waals surface area contributed by atoms with Crippen molar-refractivity contribution in [3.05, 3.63) is 76.2 Å². The number of rotatable bonds is 26. The highest BCUT2D eigenvalue weighted by molar-refractivity contribution is 5.35. The molecule has 0 saturated carbocycles. The van der Waals surface area contributed by atoms with E-state index < -0.39 is 0 Å². The molecule has 1 atom stereocenters. The number of benzene rings is 2. The molecule has 0 spiro atoms. The van der Waals surface area contributed by atoms with E-state index in [4.69, 9.17) is 0 Å². The van der Waals surface area contributed by atoms with Crippen molar-refractivity contribution in [2.24, 2.45) is 5.92 Å². The Morgan fingerprint density at radius 1 is 0.452 bits per heavy atom. The van der Waals surface area contributed by atoms with Gasteiger partial charge in [-0.25, -0.2) is 0 Å². The van der Waals surface area contributed by atoms with Crippen molar-refractivity contribution in [1.29, 1.82) is 0 Å². The fraction of sp³-hybridized carbons (Fsp3) is 0.690. The van der Waals surface area contributed by atoms with E-state index in [1.165, 1.54) is 147 Å². The van der Waals surface area contributed by atoms with Crippen molar-refractivity contribution >= 4 is 0 Å². The third-order valence-corrected chi connectivity index (χ3v) is 9.35. The summed E-state index contributed by atoms with van der Waals surface area (Å²) in [5.41, 5.74) is 9.64. The Morgan fingerprint density at radius 2 is 0.881 bits per heavy atom. The van der Waals surface area contributed by atoms with Crippen LogP contribution in [0.1, 0.15) is 177 Å². The average Bonchev–Trinajstić information content (AvgIpc) is 3.00. The monoisotopic (exact) mass is 574 g/mol. The molecule has 0 fully saturated rings. The molecule has 0 nitrogen and oxygen atoms in total. The Kier molecular flexibility index (Phi) is 20.8. The Bertz CT molecular complexity index is 922. The summed E-state index contributed by atoms with van der Waals surface area (Å²) in [5.74, 6) is 0.670. The SMILES string of the molecule is CCCCCCC([CH]Cc1ccc(CCCCC)c(CCCCC)c1)Cc1ccc(CCCCC)c(CCCCC)c1. The topological polar surface area (TPSA) is 0 Å². The van der Waals surface area contributed by atoms with Gasteiger partial charge in [0.05, 0.1) is 0 Å². The maximum atomic E-state index is 2.69. The van der Waals surface area contributed by atoms with Crippen LogP contribution in [0.5, 0.6) is 0 Å². The summed E-state index contributed by atoms with van der Waals surface area (Å²) in [7, 11) is 0. The van der Waals surface area contributed by atoms with Gasteiger partial charge < -0.3 is 0 Å². The molecule has 2 rings (SSSR count). The minimum Gasteiger partial charge on any atom is -0.0654 e. The van der Waals surface area contributed by atoms with Crippen LogP contribution < -0.4 is 0 Å². The minimum atomic E-state index is 0.670. The third kappa shape index (κ3) is 15.3. The van der Waals surface area contributed by atoms with E-state index >= 15 is 0 Å². The molecule has 0 aliphatic heterocycles. The maximum Gasteiger partial charge on any atom is -0.0245 e. The zero-order valence-corrected chi connectivity index (χ0v) is 28.9. The summed E-state index contributed by atoms with van der Waals surface area (Å²) in [6.07, 6.45) is 32.8.